The first-order valence-corrected chi connectivity index (χ1v) is 5.98. The molecule has 0 aliphatic rings. The summed E-state index contributed by atoms with van der Waals surface area (Å²) in [5.41, 5.74) is 2.65. The molecule has 0 atom stereocenters. The molecule has 0 saturated carbocycles. The number of esters is 1. The van der Waals surface area contributed by atoms with Gasteiger partial charge >= 0.3 is 5.97 Å². The van der Waals surface area contributed by atoms with Gasteiger partial charge < -0.3 is 4.74 Å². The minimum atomic E-state index is -0.231. The lowest BCUT2D eigenvalue weighted by Crippen LogP contribution is -2.01. The third-order valence-corrected chi connectivity index (χ3v) is 2.53. The van der Waals surface area contributed by atoms with Crippen LogP contribution in [0, 0.1) is 6.92 Å². The summed E-state index contributed by atoms with van der Waals surface area (Å²) in [5, 5.41) is 0. The Bertz CT molecular complexity index is 473. The van der Waals surface area contributed by atoms with Crippen molar-refractivity contribution in [2.45, 2.75) is 27.2 Å². The van der Waals surface area contributed by atoms with E-state index < -0.39 is 0 Å². The second-order valence-corrected chi connectivity index (χ2v) is 4.04. The fraction of sp³-hybridized carbons (Fsp3) is 0.333. The third-order valence-electron chi connectivity index (χ3n) is 2.53. The number of aryl methyl sites for hydroxylation is 1. The van der Waals surface area contributed by atoms with E-state index in [-0.39, 0.29) is 18.2 Å². The van der Waals surface area contributed by atoms with Gasteiger partial charge in [0.05, 0.1) is 13.0 Å². The topological polar surface area (TPSA) is 43.4 Å². The lowest BCUT2D eigenvalue weighted by atomic mass is 10.0. The van der Waals surface area contributed by atoms with Gasteiger partial charge in [-0.1, -0.05) is 30.4 Å². The van der Waals surface area contributed by atoms with Gasteiger partial charge in [-0.2, -0.15) is 0 Å². The van der Waals surface area contributed by atoms with Crippen LogP contribution in [0.15, 0.2) is 24.3 Å². The van der Waals surface area contributed by atoms with Crippen LogP contribution in [-0.4, -0.2) is 18.4 Å². The van der Waals surface area contributed by atoms with Gasteiger partial charge in [0, 0.05) is 5.56 Å². The highest BCUT2D eigenvalue weighted by Crippen LogP contribution is 2.13. The molecule has 0 saturated heterocycles. The predicted molar refractivity (Wildman–Crippen MR) is 71.5 cm³/mol. The summed E-state index contributed by atoms with van der Waals surface area (Å²) in [7, 11) is 0. The molecule has 0 aliphatic heterocycles. The second-order valence-electron chi connectivity index (χ2n) is 4.04. The van der Waals surface area contributed by atoms with Gasteiger partial charge in [-0.25, -0.2) is 0 Å². The zero-order chi connectivity index (χ0) is 13.5. The molecule has 3 heteroatoms. The van der Waals surface area contributed by atoms with Crippen LogP contribution in [0.3, 0.4) is 0 Å². The maximum atomic E-state index is 11.3. The molecule has 0 radical (unpaired) electrons. The smallest absolute Gasteiger partial charge is 0.309 e. The monoisotopic (exact) mass is 246 g/mol. The van der Waals surface area contributed by atoms with Crippen LogP contribution in [-0.2, 0) is 9.53 Å². The van der Waals surface area contributed by atoms with Gasteiger partial charge in [0.25, 0.3) is 0 Å². The largest absolute Gasteiger partial charge is 0.466 e. The van der Waals surface area contributed by atoms with Crippen molar-refractivity contribution in [1.29, 1.82) is 0 Å². The lowest BCUT2D eigenvalue weighted by Gasteiger charge is -2.03. The number of ether oxygens (including phenoxy) is 1. The van der Waals surface area contributed by atoms with Crippen molar-refractivity contribution in [3.63, 3.8) is 0 Å². The summed E-state index contributed by atoms with van der Waals surface area (Å²) < 4.78 is 4.82. The Hall–Kier alpha value is -1.90. The van der Waals surface area contributed by atoms with Crippen LogP contribution in [0.25, 0.3) is 6.08 Å². The number of rotatable bonds is 5. The van der Waals surface area contributed by atoms with Gasteiger partial charge in [0.2, 0.25) is 0 Å². The van der Waals surface area contributed by atoms with Crippen molar-refractivity contribution >= 4 is 17.8 Å². The van der Waals surface area contributed by atoms with Crippen LogP contribution in [0.4, 0.5) is 0 Å². The highest BCUT2D eigenvalue weighted by molar-refractivity contribution is 5.95. The number of hydrogen-bond donors (Lipinski definition) is 0. The third kappa shape index (κ3) is 4.17. The van der Waals surface area contributed by atoms with Crippen molar-refractivity contribution in [3.8, 4) is 0 Å². The van der Waals surface area contributed by atoms with Gasteiger partial charge in [0.1, 0.15) is 0 Å². The Labute approximate surface area is 107 Å². The number of carbonyl (C=O) groups is 2. The molecule has 18 heavy (non-hydrogen) atoms. The molecule has 0 fully saturated rings. The predicted octanol–water partition coefficient (Wildman–Crippen LogP) is 3.16. The molecule has 0 unspecified atom stereocenters. The summed E-state index contributed by atoms with van der Waals surface area (Å²) in [6.45, 7) is 5.64. The molecule has 0 aliphatic carbocycles. The minimum absolute atomic E-state index is 0.0644. The molecular formula is C15H18O3. The average Bonchev–Trinajstić information content (AvgIpc) is 2.29. The van der Waals surface area contributed by atoms with E-state index in [4.69, 9.17) is 4.74 Å². The zero-order valence-corrected chi connectivity index (χ0v) is 11.0. The molecule has 1 aromatic carbocycles. The van der Waals surface area contributed by atoms with E-state index in [2.05, 4.69) is 0 Å². The van der Waals surface area contributed by atoms with Crippen LogP contribution in [0.5, 0.6) is 0 Å². The van der Waals surface area contributed by atoms with E-state index in [1.54, 1.807) is 19.9 Å². The molecule has 3 nitrogen and oxygen atoms in total. The lowest BCUT2D eigenvalue weighted by molar-refractivity contribution is -0.142. The van der Waals surface area contributed by atoms with Crippen molar-refractivity contribution in [1.82, 2.24) is 0 Å². The Balaban J connectivity index is 2.69. The molecule has 0 N–H and O–H groups in total. The van der Waals surface area contributed by atoms with Gasteiger partial charge in [-0.05, 0) is 31.9 Å². The van der Waals surface area contributed by atoms with E-state index in [9.17, 15) is 9.59 Å². The van der Waals surface area contributed by atoms with Gasteiger partial charge in [-0.3, -0.25) is 9.59 Å². The Kier molecular flexibility index (Phi) is 5.31. The van der Waals surface area contributed by atoms with E-state index >= 15 is 0 Å². The van der Waals surface area contributed by atoms with Crippen LogP contribution in [0.2, 0.25) is 0 Å². The van der Waals surface area contributed by atoms with E-state index in [0.717, 1.165) is 16.7 Å². The molecule has 1 aromatic rings. The van der Waals surface area contributed by atoms with Gasteiger partial charge in [0.15, 0.2) is 5.78 Å². The first-order valence-electron chi connectivity index (χ1n) is 5.98. The van der Waals surface area contributed by atoms with Crippen LogP contribution < -0.4 is 0 Å². The maximum Gasteiger partial charge on any atom is 0.309 e. The molecule has 0 aromatic heterocycles. The first kappa shape index (κ1) is 14.2. The van der Waals surface area contributed by atoms with Crippen molar-refractivity contribution in [2.24, 2.45) is 0 Å². The molecular weight excluding hydrogens is 228 g/mol. The number of hydrogen-bond acceptors (Lipinski definition) is 3. The van der Waals surface area contributed by atoms with Crippen LogP contribution >= 0.6 is 0 Å². The Morgan fingerprint density at radius 1 is 1.33 bits per heavy atom. The Morgan fingerprint density at radius 3 is 2.61 bits per heavy atom. The summed E-state index contributed by atoms with van der Waals surface area (Å²) in [6, 6.07) is 5.60. The summed E-state index contributed by atoms with van der Waals surface area (Å²) in [6.07, 6.45) is 3.88. The maximum absolute atomic E-state index is 11.3. The SMILES string of the molecule is CCOC(=O)CC=Cc1ccc(C(C)=O)c(C)c1. The van der Waals surface area contributed by atoms with Crippen molar-refractivity contribution in [3.05, 3.63) is 41.0 Å². The number of benzene rings is 1. The Morgan fingerprint density at radius 2 is 2.06 bits per heavy atom. The molecule has 0 bridgehead atoms. The highest BCUT2D eigenvalue weighted by Gasteiger charge is 2.03. The summed E-state index contributed by atoms with van der Waals surface area (Å²) >= 11 is 0. The molecule has 0 heterocycles. The summed E-state index contributed by atoms with van der Waals surface area (Å²) in [5.74, 6) is -0.166. The van der Waals surface area contributed by atoms with Gasteiger partial charge in [-0.15, -0.1) is 0 Å². The molecule has 1 rings (SSSR count). The van der Waals surface area contributed by atoms with E-state index in [1.807, 2.05) is 31.2 Å². The van der Waals surface area contributed by atoms with E-state index in [0.29, 0.717) is 6.61 Å². The average molecular weight is 246 g/mol. The molecule has 96 valence electrons. The minimum Gasteiger partial charge on any atom is -0.466 e. The fourth-order valence-electron chi connectivity index (χ4n) is 1.70. The second kappa shape index (κ2) is 6.74. The summed E-state index contributed by atoms with van der Waals surface area (Å²) in [4.78, 5) is 22.4. The standard InChI is InChI=1S/C15H18O3/c1-4-18-15(17)7-5-6-13-8-9-14(12(3)16)11(2)10-13/h5-6,8-10H,4,7H2,1-3H3. The molecule has 0 amide bonds. The van der Waals surface area contributed by atoms with Crippen molar-refractivity contribution < 1.29 is 14.3 Å². The number of carbonyl (C=O) groups excluding carboxylic acids is 2. The number of ketones is 1. The normalized spacial score (nSPS) is 10.6. The van der Waals surface area contributed by atoms with Crippen LogP contribution in [0.1, 0.15) is 41.8 Å². The number of Topliss-reactive ketones (excluding diaryl/α,β-unsaturated/α-hetero) is 1. The highest BCUT2D eigenvalue weighted by atomic mass is 16.5. The first-order chi connectivity index (χ1) is 8.54. The van der Waals surface area contributed by atoms with E-state index in [1.165, 1.54) is 0 Å². The van der Waals surface area contributed by atoms with Crippen molar-refractivity contribution in [2.75, 3.05) is 6.61 Å². The quantitative estimate of drug-likeness (QED) is 0.592. The zero-order valence-electron chi connectivity index (χ0n) is 11.0. The fourth-order valence-corrected chi connectivity index (χ4v) is 1.70. The molecule has 0 spiro atoms.